The summed E-state index contributed by atoms with van der Waals surface area (Å²) in [7, 11) is 0. The van der Waals surface area contributed by atoms with Gasteiger partial charge in [-0.3, -0.25) is 4.79 Å². The van der Waals surface area contributed by atoms with E-state index in [0.717, 1.165) is 24.0 Å². The second-order valence-corrected chi connectivity index (χ2v) is 6.80. The Hall–Kier alpha value is -1.81. The molecule has 0 aliphatic carbocycles. The van der Waals surface area contributed by atoms with Crippen LogP contribution in [0, 0.1) is 0 Å². The molecule has 112 valence electrons. The average molecular weight is 286 g/mol. The number of hydrogen-bond acceptors (Lipinski definition) is 3. The molecule has 0 amide bonds. The minimum atomic E-state index is -0.571. The Balaban J connectivity index is 1.86. The zero-order chi connectivity index (χ0) is 15.1. The van der Waals surface area contributed by atoms with E-state index in [0.29, 0.717) is 6.42 Å². The highest BCUT2D eigenvalue weighted by Crippen LogP contribution is 2.30. The van der Waals surface area contributed by atoms with E-state index >= 15 is 0 Å². The Morgan fingerprint density at radius 3 is 2.67 bits per heavy atom. The fourth-order valence-electron chi connectivity index (χ4n) is 2.80. The molecule has 3 rings (SSSR count). The second-order valence-electron chi connectivity index (χ2n) is 6.80. The number of fused-ring (bicyclic) bond motifs is 1. The van der Waals surface area contributed by atoms with E-state index in [1.165, 1.54) is 5.39 Å². The molecule has 1 fully saturated rings. The Morgan fingerprint density at radius 2 is 2.05 bits per heavy atom. The van der Waals surface area contributed by atoms with Gasteiger partial charge < -0.3 is 15.0 Å². The highest BCUT2D eigenvalue weighted by atomic mass is 16.6. The molecule has 0 bridgehead atoms. The number of nitrogens with one attached hydrogen (secondary N) is 2. The zero-order valence-corrected chi connectivity index (χ0v) is 12.8. The van der Waals surface area contributed by atoms with Crippen LogP contribution in [0.5, 0.6) is 0 Å². The lowest BCUT2D eigenvalue weighted by Crippen LogP contribution is -2.65. The van der Waals surface area contributed by atoms with Crippen molar-refractivity contribution >= 4 is 16.9 Å². The summed E-state index contributed by atoms with van der Waals surface area (Å²) < 4.78 is 5.59. The van der Waals surface area contributed by atoms with Crippen LogP contribution in [-0.4, -0.2) is 28.6 Å². The predicted molar refractivity (Wildman–Crippen MR) is 83.2 cm³/mol. The number of para-hydroxylation sites is 1. The normalized spacial score (nSPS) is 22.0. The van der Waals surface area contributed by atoms with Crippen LogP contribution in [0.2, 0.25) is 0 Å². The molecule has 0 saturated carbocycles. The number of aromatic nitrogens is 1. The molecular formula is C17H22N2O2. The van der Waals surface area contributed by atoms with Crippen LogP contribution >= 0.6 is 0 Å². The van der Waals surface area contributed by atoms with Crippen LogP contribution in [0.4, 0.5) is 0 Å². The summed E-state index contributed by atoms with van der Waals surface area (Å²) in [6.07, 6.45) is 3.48. The summed E-state index contributed by atoms with van der Waals surface area (Å²) in [4.78, 5) is 15.8. The summed E-state index contributed by atoms with van der Waals surface area (Å²) in [5, 5.41) is 4.47. The number of benzene rings is 1. The second kappa shape index (κ2) is 4.88. The summed E-state index contributed by atoms with van der Waals surface area (Å²) in [5.41, 5.74) is 1.23. The number of carbonyl (C=O) groups is 1. The van der Waals surface area contributed by atoms with Gasteiger partial charge in [-0.25, -0.2) is 0 Å². The Labute approximate surface area is 124 Å². The van der Waals surface area contributed by atoms with Gasteiger partial charge in [-0.1, -0.05) is 18.2 Å². The van der Waals surface area contributed by atoms with Crippen molar-refractivity contribution in [2.24, 2.45) is 0 Å². The molecule has 4 nitrogen and oxygen atoms in total. The summed E-state index contributed by atoms with van der Waals surface area (Å²) in [6.45, 7) is 6.58. The molecule has 0 radical (unpaired) electrons. The number of ether oxygens (including phenoxy) is 1. The highest BCUT2D eigenvalue weighted by molar-refractivity contribution is 5.87. The molecule has 2 N–H and O–H groups in total. The lowest BCUT2D eigenvalue weighted by Gasteiger charge is -2.42. The maximum atomic E-state index is 12.5. The fourth-order valence-corrected chi connectivity index (χ4v) is 2.80. The topological polar surface area (TPSA) is 54.1 Å². The van der Waals surface area contributed by atoms with Crippen molar-refractivity contribution in [2.75, 3.05) is 6.54 Å². The van der Waals surface area contributed by atoms with Crippen molar-refractivity contribution in [3.63, 3.8) is 0 Å². The molecule has 2 heterocycles. The van der Waals surface area contributed by atoms with Crippen LogP contribution in [0.25, 0.3) is 10.9 Å². The molecule has 1 unspecified atom stereocenters. The standard InChI is InChI=1S/C17H22N2O2/c1-16(2,3)21-15(20)17(8-9-19-17)10-12-11-18-14-7-5-4-6-13(12)14/h4-7,11,18-19H,8-10H2,1-3H3. The van der Waals surface area contributed by atoms with Gasteiger partial charge in [0.05, 0.1) is 0 Å². The highest BCUT2D eigenvalue weighted by Gasteiger charge is 2.46. The first-order chi connectivity index (χ1) is 9.90. The van der Waals surface area contributed by atoms with Crippen LogP contribution in [0.3, 0.4) is 0 Å². The van der Waals surface area contributed by atoms with Gasteiger partial charge in [0.25, 0.3) is 0 Å². The Bertz CT molecular complexity index is 663. The minimum Gasteiger partial charge on any atom is -0.459 e. The van der Waals surface area contributed by atoms with E-state index in [2.05, 4.69) is 16.4 Å². The Morgan fingerprint density at radius 1 is 1.33 bits per heavy atom. The number of carbonyl (C=O) groups excluding carboxylic acids is 1. The first kappa shape index (κ1) is 14.1. The summed E-state index contributed by atoms with van der Waals surface area (Å²) >= 11 is 0. The summed E-state index contributed by atoms with van der Waals surface area (Å²) in [6, 6.07) is 8.16. The minimum absolute atomic E-state index is 0.147. The van der Waals surface area contributed by atoms with Gasteiger partial charge in [0, 0.05) is 23.5 Å². The maximum absolute atomic E-state index is 12.5. The van der Waals surface area contributed by atoms with Crippen LogP contribution in [0.15, 0.2) is 30.5 Å². The fraction of sp³-hybridized carbons (Fsp3) is 0.471. The van der Waals surface area contributed by atoms with Crippen LogP contribution in [-0.2, 0) is 16.0 Å². The van der Waals surface area contributed by atoms with Crippen molar-refractivity contribution in [3.8, 4) is 0 Å². The number of H-pyrrole nitrogens is 1. The van der Waals surface area contributed by atoms with Gasteiger partial charge in [0.2, 0.25) is 0 Å². The summed E-state index contributed by atoms with van der Waals surface area (Å²) in [5.74, 6) is -0.147. The van der Waals surface area contributed by atoms with Gasteiger partial charge >= 0.3 is 5.97 Å². The monoisotopic (exact) mass is 286 g/mol. The lowest BCUT2D eigenvalue weighted by atomic mass is 9.81. The number of esters is 1. The van der Waals surface area contributed by atoms with E-state index in [1.807, 2.05) is 45.2 Å². The van der Waals surface area contributed by atoms with Gasteiger partial charge in [-0.15, -0.1) is 0 Å². The van der Waals surface area contributed by atoms with Gasteiger partial charge in [-0.05, 0) is 45.4 Å². The number of hydrogen-bond donors (Lipinski definition) is 2. The smallest absolute Gasteiger partial charge is 0.327 e. The van der Waals surface area contributed by atoms with Crippen molar-refractivity contribution in [2.45, 2.75) is 44.8 Å². The Kier molecular flexibility index (Phi) is 3.29. The molecule has 1 aliphatic heterocycles. The van der Waals surface area contributed by atoms with Crippen molar-refractivity contribution in [3.05, 3.63) is 36.0 Å². The van der Waals surface area contributed by atoms with Gasteiger partial charge in [-0.2, -0.15) is 0 Å². The third kappa shape index (κ3) is 2.68. The van der Waals surface area contributed by atoms with Crippen molar-refractivity contribution in [1.82, 2.24) is 10.3 Å². The van der Waals surface area contributed by atoms with E-state index in [-0.39, 0.29) is 5.97 Å². The first-order valence-electron chi connectivity index (χ1n) is 7.43. The van der Waals surface area contributed by atoms with E-state index in [1.54, 1.807) is 0 Å². The third-order valence-corrected chi connectivity index (χ3v) is 3.97. The first-order valence-corrected chi connectivity index (χ1v) is 7.43. The lowest BCUT2D eigenvalue weighted by molar-refractivity contribution is -0.166. The van der Waals surface area contributed by atoms with E-state index < -0.39 is 11.1 Å². The SMILES string of the molecule is CC(C)(C)OC(=O)C1(Cc2c[nH]c3ccccc23)CCN1. The quantitative estimate of drug-likeness (QED) is 0.853. The average Bonchev–Trinajstić information content (AvgIpc) is 2.74. The molecule has 4 heteroatoms. The van der Waals surface area contributed by atoms with Crippen LogP contribution in [0.1, 0.15) is 32.8 Å². The molecule has 1 aromatic heterocycles. The molecule has 0 spiro atoms. The van der Waals surface area contributed by atoms with E-state index in [9.17, 15) is 4.79 Å². The maximum Gasteiger partial charge on any atom is 0.327 e. The van der Waals surface area contributed by atoms with Gasteiger partial charge in [0.15, 0.2) is 0 Å². The van der Waals surface area contributed by atoms with Crippen LogP contribution < -0.4 is 5.32 Å². The molecule has 1 atom stereocenters. The number of aromatic amines is 1. The largest absolute Gasteiger partial charge is 0.459 e. The van der Waals surface area contributed by atoms with Gasteiger partial charge in [0.1, 0.15) is 11.1 Å². The molecule has 1 aromatic carbocycles. The molecular weight excluding hydrogens is 264 g/mol. The number of rotatable bonds is 3. The molecule has 21 heavy (non-hydrogen) atoms. The zero-order valence-electron chi connectivity index (χ0n) is 12.8. The molecule has 1 saturated heterocycles. The predicted octanol–water partition coefficient (Wildman–Crippen LogP) is 2.78. The van der Waals surface area contributed by atoms with E-state index in [4.69, 9.17) is 4.74 Å². The van der Waals surface area contributed by atoms with Crippen molar-refractivity contribution < 1.29 is 9.53 Å². The van der Waals surface area contributed by atoms with Crippen molar-refractivity contribution in [1.29, 1.82) is 0 Å². The molecule has 2 aromatic rings. The molecule has 1 aliphatic rings. The third-order valence-electron chi connectivity index (χ3n) is 3.97.